The molecule has 1 aromatic heterocycles. The lowest BCUT2D eigenvalue weighted by molar-refractivity contribution is 0.355. The third-order valence-electron chi connectivity index (χ3n) is 3.71. The van der Waals surface area contributed by atoms with Gasteiger partial charge in [-0.1, -0.05) is 17.7 Å². The van der Waals surface area contributed by atoms with Crippen LogP contribution >= 0.6 is 11.6 Å². The Kier molecular flexibility index (Phi) is 5.09. The quantitative estimate of drug-likeness (QED) is 0.706. The van der Waals surface area contributed by atoms with E-state index in [4.69, 9.17) is 25.5 Å². The number of aryl methyl sites for hydroxylation is 1. The number of methoxy groups -OCH3 is 2. The van der Waals surface area contributed by atoms with E-state index >= 15 is 0 Å². The SMILES string of the molecule is COc1ccc(-c2nnc(CNc3ccc(C)c(Cl)c3)o2)cc1OC. The molecular weight excluding hydrogens is 342 g/mol. The summed E-state index contributed by atoms with van der Waals surface area (Å²) in [5, 5.41) is 12.1. The predicted octanol–water partition coefficient (Wildman–Crippen LogP) is 4.33. The molecule has 3 rings (SSSR count). The van der Waals surface area contributed by atoms with Crippen molar-refractivity contribution < 1.29 is 13.9 Å². The maximum absolute atomic E-state index is 6.12. The third kappa shape index (κ3) is 3.85. The molecule has 0 unspecified atom stereocenters. The second-order valence-electron chi connectivity index (χ2n) is 5.39. The molecule has 0 fully saturated rings. The van der Waals surface area contributed by atoms with E-state index in [0.717, 1.165) is 16.8 Å². The minimum absolute atomic E-state index is 0.402. The highest BCUT2D eigenvalue weighted by Crippen LogP contribution is 2.31. The molecule has 0 aliphatic heterocycles. The molecule has 1 N–H and O–H groups in total. The van der Waals surface area contributed by atoms with Crippen molar-refractivity contribution in [2.75, 3.05) is 19.5 Å². The fraction of sp³-hybridized carbons (Fsp3) is 0.222. The normalized spacial score (nSPS) is 10.6. The lowest BCUT2D eigenvalue weighted by Gasteiger charge is -2.07. The van der Waals surface area contributed by atoms with Gasteiger partial charge in [-0.2, -0.15) is 0 Å². The molecule has 25 heavy (non-hydrogen) atoms. The molecule has 0 amide bonds. The summed E-state index contributed by atoms with van der Waals surface area (Å²) in [7, 11) is 3.17. The first-order valence-electron chi connectivity index (χ1n) is 7.65. The Balaban J connectivity index is 1.73. The summed E-state index contributed by atoms with van der Waals surface area (Å²) in [5.41, 5.74) is 2.68. The van der Waals surface area contributed by atoms with Gasteiger partial charge in [0.15, 0.2) is 11.5 Å². The van der Waals surface area contributed by atoms with Crippen LogP contribution in [0.5, 0.6) is 11.5 Å². The van der Waals surface area contributed by atoms with Crippen molar-refractivity contribution in [1.29, 1.82) is 0 Å². The van der Waals surface area contributed by atoms with Gasteiger partial charge in [0.1, 0.15) is 0 Å². The van der Waals surface area contributed by atoms with Gasteiger partial charge >= 0.3 is 0 Å². The van der Waals surface area contributed by atoms with Crippen LogP contribution in [0.1, 0.15) is 11.5 Å². The number of nitrogens with one attached hydrogen (secondary N) is 1. The van der Waals surface area contributed by atoms with E-state index < -0.39 is 0 Å². The first-order valence-corrected chi connectivity index (χ1v) is 8.03. The Labute approximate surface area is 150 Å². The van der Waals surface area contributed by atoms with E-state index in [1.807, 2.05) is 31.2 Å². The second-order valence-corrected chi connectivity index (χ2v) is 5.80. The standard InChI is InChI=1S/C18H18ClN3O3/c1-11-4-6-13(9-14(11)19)20-10-17-21-22-18(25-17)12-5-7-15(23-2)16(8-12)24-3/h4-9,20H,10H2,1-3H3. The Morgan fingerprint density at radius 1 is 1.04 bits per heavy atom. The van der Waals surface area contributed by atoms with E-state index in [-0.39, 0.29) is 0 Å². The summed E-state index contributed by atoms with van der Waals surface area (Å²) >= 11 is 6.12. The average molecular weight is 360 g/mol. The van der Waals surface area contributed by atoms with Crippen LogP contribution in [-0.4, -0.2) is 24.4 Å². The summed E-state index contributed by atoms with van der Waals surface area (Å²) in [6, 6.07) is 11.2. The number of benzene rings is 2. The summed E-state index contributed by atoms with van der Waals surface area (Å²) < 4.78 is 16.2. The number of halogens is 1. The number of ether oxygens (including phenoxy) is 2. The highest BCUT2D eigenvalue weighted by molar-refractivity contribution is 6.31. The molecule has 1 heterocycles. The highest BCUT2D eigenvalue weighted by Gasteiger charge is 2.12. The zero-order chi connectivity index (χ0) is 17.8. The maximum Gasteiger partial charge on any atom is 0.247 e. The molecule has 0 saturated heterocycles. The van der Waals surface area contributed by atoms with Crippen LogP contribution in [0, 0.1) is 6.92 Å². The summed E-state index contributed by atoms with van der Waals surface area (Å²) in [6.45, 7) is 2.36. The van der Waals surface area contributed by atoms with E-state index in [1.54, 1.807) is 26.4 Å². The number of anilines is 1. The van der Waals surface area contributed by atoms with Crippen LogP contribution in [0.15, 0.2) is 40.8 Å². The van der Waals surface area contributed by atoms with Crippen molar-refractivity contribution >= 4 is 17.3 Å². The third-order valence-corrected chi connectivity index (χ3v) is 4.12. The number of nitrogens with zero attached hydrogens (tertiary/aromatic N) is 2. The lowest BCUT2D eigenvalue weighted by atomic mass is 10.2. The van der Waals surface area contributed by atoms with Gasteiger partial charge in [-0.25, -0.2) is 0 Å². The van der Waals surface area contributed by atoms with Crippen LogP contribution in [0.4, 0.5) is 5.69 Å². The Bertz CT molecular complexity index is 880. The maximum atomic E-state index is 6.12. The Morgan fingerprint density at radius 3 is 2.56 bits per heavy atom. The second kappa shape index (κ2) is 7.44. The lowest BCUT2D eigenvalue weighted by Crippen LogP contribution is -1.99. The molecule has 0 aliphatic rings. The van der Waals surface area contributed by atoms with Crippen LogP contribution in [-0.2, 0) is 6.54 Å². The molecule has 0 atom stereocenters. The van der Waals surface area contributed by atoms with E-state index in [9.17, 15) is 0 Å². The van der Waals surface area contributed by atoms with Crippen molar-refractivity contribution in [3.05, 3.63) is 52.9 Å². The van der Waals surface area contributed by atoms with Gasteiger partial charge in [-0.3, -0.25) is 0 Å². The molecular formula is C18H18ClN3O3. The van der Waals surface area contributed by atoms with Crippen molar-refractivity contribution in [2.24, 2.45) is 0 Å². The average Bonchev–Trinajstić information content (AvgIpc) is 3.11. The monoisotopic (exact) mass is 359 g/mol. The topological polar surface area (TPSA) is 69.4 Å². The predicted molar refractivity (Wildman–Crippen MR) is 96.4 cm³/mol. The molecule has 0 saturated carbocycles. The zero-order valence-electron chi connectivity index (χ0n) is 14.2. The van der Waals surface area contributed by atoms with Crippen molar-refractivity contribution in [1.82, 2.24) is 10.2 Å². The van der Waals surface area contributed by atoms with Crippen molar-refractivity contribution in [3.8, 4) is 23.0 Å². The molecule has 0 radical (unpaired) electrons. The van der Waals surface area contributed by atoms with Crippen LogP contribution in [0.2, 0.25) is 5.02 Å². The molecule has 2 aromatic carbocycles. The number of hydrogen-bond donors (Lipinski definition) is 1. The van der Waals surface area contributed by atoms with Gasteiger partial charge in [-0.05, 0) is 42.8 Å². The van der Waals surface area contributed by atoms with Gasteiger partial charge < -0.3 is 19.2 Å². The first-order chi connectivity index (χ1) is 12.1. The zero-order valence-corrected chi connectivity index (χ0v) is 14.9. The number of aromatic nitrogens is 2. The first kappa shape index (κ1) is 17.1. The van der Waals surface area contributed by atoms with E-state index in [2.05, 4.69) is 15.5 Å². The minimum Gasteiger partial charge on any atom is -0.493 e. The summed E-state index contributed by atoms with van der Waals surface area (Å²) in [6.07, 6.45) is 0. The fourth-order valence-corrected chi connectivity index (χ4v) is 2.47. The van der Waals surface area contributed by atoms with E-state index in [1.165, 1.54) is 0 Å². The number of rotatable bonds is 6. The minimum atomic E-state index is 0.402. The number of hydrogen-bond acceptors (Lipinski definition) is 6. The molecule has 7 heteroatoms. The van der Waals surface area contributed by atoms with Gasteiger partial charge in [0, 0.05) is 16.3 Å². The van der Waals surface area contributed by atoms with Crippen LogP contribution in [0.3, 0.4) is 0 Å². The largest absolute Gasteiger partial charge is 0.493 e. The molecule has 0 spiro atoms. The van der Waals surface area contributed by atoms with Gasteiger partial charge in [0.05, 0.1) is 20.8 Å². The molecule has 0 bridgehead atoms. The molecule has 3 aromatic rings. The van der Waals surface area contributed by atoms with Crippen LogP contribution < -0.4 is 14.8 Å². The molecule has 130 valence electrons. The van der Waals surface area contributed by atoms with Crippen molar-refractivity contribution in [3.63, 3.8) is 0 Å². The van der Waals surface area contributed by atoms with Gasteiger partial charge in [0.2, 0.25) is 11.8 Å². The van der Waals surface area contributed by atoms with E-state index in [0.29, 0.717) is 34.8 Å². The Morgan fingerprint density at radius 2 is 1.84 bits per heavy atom. The fourth-order valence-electron chi connectivity index (χ4n) is 2.29. The molecule has 6 nitrogen and oxygen atoms in total. The van der Waals surface area contributed by atoms with Gasteiger partial charge in [-0.15, -0.1) is 10.2 Å². The molecule has 0 aliphatic carbocycles. The smallest absolute Gasteiger partial charge is 0.247 e. The summed E-state index contributed by atoms with van der Waals surface area (Å²) in [4.78, 5) is 0. The highest BCUT2D eigenvalue weighted by atomic mass is 35.5. The van der Waals surface area contributed by atoms with Gasteiger partial charge in [0.25, 0.3) is 0 Å². The summed E-state index contributed by atoms with van der Waals surface area (Å²) in [5.74, 6) is 2.14. The van der Waals surface area contributed by atoms with Crippen molar-refractivity contribution in [2.45, 2.75) is 13.5 Å². The Hall–Kier alpha value is -2.73. The van der Waals surface area contributed by atoms with Crippen LogP contribution in [0.25, 0.3) is 11.5 Å².